The lowest BCUT2D eigenvalue weighted by Crippen LogP contribution is -2.36. The number of thiophene rings is 1. The van der Waals surface area contributed by atoms with E-state index in [0.717, 1.165) is 24.6 Å². The molecule has 0 saturated heterocycles. The van der Waals surface area contributed by atoms with E-state index in [1.54, 1.807) is 30.4 Å². The highest BCUT2D eigenvalue weighted by molar-refractivity contribution is 14.0. The molecular weight excluding hydrogens is 412 g/mol. The highest BCUT2D eigenvalue weighted by Crippen LogP contribution is 2.10. The number of nitrogens with zero attached hydrogens (tertiary/aromatic N) is 1. The summed E-state index contributed by atoms with van der Waals surface area (Å²) in [5, 5.41) is 8.52. The normalized spacial score (nSPS) is 11.0. The molecule has 0 spiro atoms. The first-order valence-electron chi connectivity index (χ1n) is 6.98. The Balaban J connectivity index is 0.00000242. The molecule has 0 aliphatic heterocycles. The summed E-state index contributed by atoms with van der Waals surface area (Å²) in [7, 11) is 0. The molecule has 1 aromatic carbocycles. The maximum atomic E-state index is 13.5. The first-order chi connectivity index (χ1) is 10.2. The summed E-state index contributed by atoms with van der Waals surface area (Å²) < 4.78 is 13.5. The standard InChI is InChI=1S/C16H20FN3S.HI/c1-3-18-16(20-11-14-5-4-8-21-14)19-10-13-7-6-12(2)15(17)9-13;/h4-9H,3,10-11H2,1-2H3,(H2,18,19,20);1H. The van der Waals surface area contributed by atoms with Gasteiger partial charge in [0.2, 0.25) is 0 Å². The summed E-state index contributed by atoms with van der Waals surface area (Å²) in [5.74, 6) is 0.561. The predicted octanol–water partition coefficient (Wildman–Crippen LogP) is 4.07. The number of aryl methyl sites for hydroxylation is 1. The smallest absolute Gasteiger partial charge is 0.191 e. The molecule has 0 radical (unpaired) electrons. The average Bonchev–Trinajstić information content (AvgIpc) is 2.99. The van der Waals surface area contributed by atoms with Crippen molar-refractivity contribution in [3.8, 4) is 0 Å². The van der Waals surface area contributed by atoms with Gasteiger partial charge in [0.1, 0.15) is 5.82 Å². The molecule has 6 heteroatoms. The summed E-state index contributed by atoms with van der Waals surface area (Å²) in [6, 6.07) is 9.34. The van der Waals surface area contributed by atoms with Crippen molar-refractivity contribution < 1.29 is 4.39 Å². The number of benzene rings is 1. The van der Waals surface area contributed by atoms with Crippen LogP contribution >= 0.6 is 35.3 Å². The van der Waals surface area contributed by atoms with Crippen LogP contribution in [0.3, 0.4) is 0 Å². The van der Waals surface area contributed by atoms with Gasteiger partial charge in [-0.2, -0.15) is 0 Å². The van der Waals surface area contributed by atoms with Crippen LogP contribution in [-0.4, -0.2) is 12.5 Å². The Labute approximate surface area is 152 Å². The van der Waals surface area contributed by atoms with Crippen LogP contribution in [-0.2, 0) is 13.1 Å². The molecule has 0 bridgehead atoms. The van der Waals surface area contributed by atoms with Gasteiger partial charge >= 0.3 is 0 Å². The highest BCUT2D eigenvalue weighted by atomic mass is 127. The minimum atomic E-state index is -0.181. The van der Waals surface area contributed by atoms with Gasteiger partial charge in [0.05, 0.1) is 13.1 Å². The fourth-order valence-corrected chi connectivity index (χ4v) is 2.48. The molecule has 1 heterocycles. The Hall–Kier alpha value is -1.15. The molecule has 2 N–H and O–H groups in total. The van der Waals surface area contributed by atoms with E-state index in [9.17, 15) is 4.39 Å². The van der Waals surface area contributed by atoms with Crippen LogP contribution in [0, 0.1) is 12.7 Å². The molecule has 0 unspecified atom stereocenters. The fraction of sp³-hybridized carbons (Fsp3) is 0.312. The second-order valence-corrected chi connectivity index (χ2v) is 5.74. The van der Waals surface area contributed by atoms with Crippen molar-refractivity contribution in [2.45, 2.75) is 26.9 Å². The number of aliphatic imine (C=N–C) groups is 1. The SMILES string of the molecule is CCNC(=NCc1ccc(C)c(F)c1)NCc1cccs1.I. The van der Waals surface area contributed by atoms with E-state index in [1.165, 1.54) is 4.88 Å². The van der Waals surface area contributed by atoms with Gasteiger partial charge in [-0.1, -0.05) is 18.2 Å². The molecular formula is C16H21FIN3S. The molecule has 120 valence electrons. The van der Waals surface area contributed by atoms with E-state index in [4.69, 9.17) is 0 Å². The lowest BCUT2D eigenvalue weighted by Gasteiger charge is -2.10. The Morgan fingerprint density at radius 1 is 1.27 bits per heavy atom. The van der Waals surface area contributed by atoms with Crippen LogP contribution in [0.25, 0.3) is 0 Å². The van der Waals surface area contributed by atoms with Crippen molar-refractivity contribution in [2.24, 2.45) is 4.99 Å². The van der Waals surface area contributed by atoms with E-state index >= 15 is 0 Å². The molecule has 0 fully saturated rings. The van der Waals surface area contributed by atoms with Crippen LogP contribution in [0.15, 0.2) is 40.7 Å². The van der Waals surface area contributed by atoms with Crippen molar-refractivity contribution in [3.63, 3.8) is 0 Å². The van der Waals surface area contributed by atoms with Crippen molar-refractivity contribution in [3.05, 3.63) is 57.5 Å². The summed E-state index contributed by atoms with van der Waals surface area (Å²) in [5.41, 5.74) is 1.52. The molecule has 2 aromatic rings. The zero-order valence-corrected chi connectivity index (χ0v) is 15.9. The highest BCUT2D eigenvalue weighted by Gasteiger charge is 2.01. The molecule has 0 saturated carbocycles. The lowest BCUT2D eigenvalue weighted by atomic mass is 10.1. The molecule has 3 nitrogen and oxygen atoms in total. The van der Waals surface area contributed by atoms with Crippen LogP contribution in [0.5, 0.6) is 0 Å². The van der Waals surface area contributed by atoms with Crippen molar-refractivity contribution in [1.82, 2.24) is 10.6 Å². The number of nitrogens with one attached hydrogen (secondary N) is 2. The Morgan fingerprint density at radius 2 is 2.09 bits per heavy atom. The van der Waals surface area contributed by atoms with E-state index in [1.807, 2.05) is 19.1 Å². The van der Waals surface area contributed by atoms with Crippen LogP contribution in [0.2, 0.25) is 0 Å². The molecule has 22 heavy (non-hydrogen) atoms. The topological polar surface area (TPSA) is 36.4 Å². The first kappa shape index (κ1) is 18.9. The van der Waals surface area contributed by atoms with Crippen molar-refractivity contribution in [2.75, 3.05) is 6.54 Å². The Kier molecular flexibility index (Phi) is 8.40. The predicted molar refractivity (Wildman–Crippen MR) is 103 cm³/mol. The molecule has 1 aromatic heterocycles. The third kappa shape index (κ3) is 5.92. The second kappa shape index (κ2) is 9.78. The zero-order chi connectivity index (χ0) is 15.1. The number of guanidine groups is 1. The van der Waals surface area contributed by atoms with Gasteiger partial charge in [0.15, 0.2) is 5.96 Å². The minimum absolute atomic E-state index is 0. The maximum Gasteiger partial charge on any atom is 0.191 e. The van der Waals surface area contributed by atoms with Crippen molar-refractivity contribution in [1.29, 1.82) is 0 Å². The lowest BCUT2D eigenvalue weighted by molar-refractivity contribution is 0.616. The van der Waals surface area contributed by atoms with E-state index in [-0.39, 0.29) is 29.8 Å². The molecule has 0 aliphatic carbocycles. The first-order valence-corrected chi connectivity index (χ1v) is 7.86. The largest absolute Gasteiger partial charge is 0.357 e. The Bertz CT molecular complexity index is 599. The fourth-order valence-electron chi connectivity index (χ4n) is 1.83. The number of halogens is 2. The van der Waals surface area contributed by atoms with Crippen LogP contribution in [0.1, 0.15) is 22.9 Å². The van der Waals surface area contributed by atoms with Crippen molar-refractivity contribution >= 4 is 41.3 Å². The summed E-state index contributed by atoms with van der Waals surface area (Å²) in [4.78, 5) is 5.74. The third-order valence-electron chi connectivity index (χ3n) is 3.01. The van der Waals surface area contributed by atoms with Gasteiger partial charge in [-0.15, -0.1) is 35.3 Å². The third-order valence-corrected chi connectivity index (χ3v) is 3.89. The summed E-state index contributed by atoms with van der Waals surface area (Å²) in [6.45, 7) is 5.77. The van der Waals surface area contributed by atoms with Gasteiger partial charge in [-0.3, -0.25) is 0 Å². The molecule has 0 amide bonds. The minimum Gasteiger partial charge on any atom is -0.357 e. The van der Waals surface area contributed by atoms with E-state index in [2.05, 4.69) is 27.1 Å². The number of hydrogen-bond acceptors (Lipinski definition) is 2. The zero-order valence-electron chi connectivity index (χ0n) is 12.7. The number of hydrogen-bond donors (Lipinski definition) is 2. The quantitative estimate of drug-likeness (QED) is 0.424. The van der Waals surface area contributed by atoms with Gasteiger partial charge in [-0.05, 0) is 42.5 Å². The number of rotatable bonds is 5. The van der Waals surface area contributed by atoms with Gasteiger partial charge in [-0.25, -0.2) is 9.38 Å². The molecule has 0 atom stereocenters. The second-order valence-electron chi connectivity index (χ2n) is 4.71. The van der Waals surface area contributed by atoms with Gasteiger partial charge in [0.25, 0.3) is 0 Å². The summed E-state index contributed by atoms with van der Waals surface area (Å²) in [6.07, 6.45) is 0. The molecule has 0 aliphatic rings. The van der Waals surface area contributed by atoms with Gasteiger partial charge < -0.3 is 10.6 Å². The van der Waals surface area contributed by atoms with Crippen LogP contribution < -0.4 is 10.6 Å². The Morgan fingerprint density at radius 3 is 2.73 bits per heavy atom. The molecule has 2 rings (SSSR count). The van der Waals surface area contributed by atoms with E-state index in [0.29, 0.717) is 12.1 Å². The van der Waals surface area contributed by atoms with Crippen LogP contribution in [0.4, 0.5) is 4.39 Å². The van der Waals surface area contributed by atoms with E-state index < -0.39 is 0 Å². The monoisotopic (exact) mass is 433 g/mol. The van der Waals surface area contributed by atoms with Gasteiger partial charge in [0, 0.05) is 11.4 Å². The summed E-state index contributed by atoms with van der Waals surface area (Å²) >= 11 is 1.71. The maximum absolute atomic E-state index is 13.5. The average molecular weight is 433 g/mol.